The number of nitrogen functional groups attached to an aromatic ring is 1. The molecule has 1 aromatic heterocycles. The van der Waals surface area contributed by atoms with Crippen LogP contribution in [0.1, 0.15) is 10.4 Å². The van der Waals surface area contributed by atoms with Crippen LogP contribution < -0.4 is 10.8 Å². The molecule has 5 heteroatoms. The lowest BCUT2D eigenvalue weighted by atomic mass is 10.3. The fourth-order valence-electron chi connectivity index (χ4n) is 0.515. The molecule has 0 spiro atoms. The molecule has 0 aromatic carbocycles. The van der Waals surface area contributed by atoms with Gasteiger partial charge < -0.3 is 15.6 Å². The molecule has 1 heterocycles. The predicted molar refractivity (Wildman–Crippen MR) is 30.8 cm³/mol. The first-order valence-corrected chi connectivity index (χ1v) is 2.50. The maximum absolute atomic E-state index is 10.2. The van der Waals surface area contributed by atoms with Crippen LogP contribution >= 0.6 is 0 Å². The molecule has 0 unspecified atom stereocenters. The third kappa shape index (κ3) is 1.02. The van der Waals surface area contributed by atoms with Crippen molar-refractivity contribution in [2.45, 2.75) is 0 Å². The van der Waals surface area contributed by atoms with Crippen LogP contribution in [0.25, 0.3) is 0 Å². The first kappa shape index (κ1) is 6.47. The lowest BCUT2D eigenvalue weighted by Gasteiger charge is -2.01. The number of aromatic carboxylic acids is 1. The van der Waals surface area contributed by atoms with Gasteiger partial charge in [0.1, 0.15) is 0 Å². The molecular weight excluding hydrogens is 134 g/mol. The van der Waals surface area contributed by atoms with Crippen LogP contribution in [-0.4, -0.2) is 16.2 Å². The zero-order valence-electron chi connectivity index (χ0n) is 4.94. The highest BCUT2D eigenvalue weighted by atomic mass is 16.4. The summed E-state index contributed by atoms with van der Waals surface area (Å²) >= 11 is 0. The van der Waals surface area contributed by atoms with Crippen molar-refractivity contribution in [3.05, 3.63) is 17.8 Å². The minimum atomic E-state index is -1.34. The fraction of sp³-hybridized carbons (Fsp3) is 0. The number of rotatable bonds is 1. The van der Waals surface area contributed by atoms with Gasteiger partial charge in [0.25, 0.3) is 0 Å². The van der Waals surface area contributed by atoms with Gasteiger partial charge >= 0.3 is 0 Å². The predicted octanol–water partition coefficient (Wildman–Crippen LogP) is -1.58. The Kier molecular flexibility index (Phi) is 1.49. The number of hydrogen-bond acceptors (Lipinski definition) is 5. The van der Waals surface area contributed by atoms with E-state index in [0.717, 1.165) is 0 Å². The minimum Gasteiger partial charge on any atom is -0.545 e. The average Bonchev–Trinajstić information content (AvgIpc) is 1.88. The van der Waals surface area contributed by atoms with Crippen molar-refractivity contribution in [1.82, 2.24) is 10.2 Å². The van der Waals surface area contributed by atoms with E-state index in [9.17, 15) is 9.90 Å². The van der Waals surface area contributed by atoms with Crippen LogP contribution in [0.4, 0.5) is 5.82 Å². The van der Waals surface area contributed by atoms with Gasteiger partial charge in [0.15, 0.2) is 5.82 Å². The highest BCUT2D eigenvalue weighted by Gasteiger charge is 1.97. The molecule has 2 N–H and O–H groups in total. The third-order valence-electron chi connectivity index (χ3n) is 0.969. The van der Waals surface area contributed by atoms with E-state index < -0.39 is 5.97 Å². The van der Waals surface area contributed by atoms with Gasteiger partial charge in [-0.15, -0.1) is 5.10 Å². The first-order valence-electron chi connectivity index (χ1n) is 2.50. The highest BCUT2D eigenvalue weighted by molar-refractivity contribution is 5.90. The summed E-state index contributed by atoms with van der Waals surface area (Å²) in [6.45, 7) is 0. The van der Waals surface area contributed by atoms with Crippen molar-refractivity contribution in [3.63, 3.8) is 0 Å². The van der Waals surface area contributed by atoms with E-state index >= 15 is 0 Å². The number of anilines is 1. The summed E-state index contributed by atoms with van der Waals surface area (Å²) in [5.41, 5.74) is 5.00. The second kappa shape index (κ2) is 2.30. The van der Waals surface area contributed by atoms with Crippen LogP contribution in [0, 0.1) is 0 Å². The van der Waals surface area contributed by atoms with Gasteiger partial charge in [-0.05, 0) is 6.07 Å². The quantitative estimate of drug-likeness (QED) is 0.505. The SMILES string of the molecule is Nc1nnccc1C(=O)[O-]. The molecule has 0 saturated carbocycles. The highest BCUT2D eigenvalue weighted by Crippen LogP contribution is 2.01. The molecule has 0 aliphatic rings. The Morgan fingerprint density at radius 1 is 1.70 bits per heavy atom. The molecule has 1 rings (SSSR count). The van der Waals surface area contributed by atoms with Gasteiger partial charge in [0, 0.05) is 5.56 Å². The Morgan fingerprint density at radius 2 is 2.40 bits per heavy atom. The van der Waals surface area contributed by atoms with Crippen molar-refractivity contribution in [1.29, 1.82) is 0 Å². The fourth-order valence-corrected chi connectivity index (χ4v) is 0.515. The van der Waals surface area contributed by atoms with Gasteiger partial charge in [-0.3, -0.25) is 0 Å². The maximum Gasteiger partial charge on any atom is 0.155 e. The number of carboxylic acid groups (broad SMARTS) is 1. The van der Waals surface area contributed by atoms with Crippen molar-refractivity contribution >= 4 is 11.8 Å². The Labute approximate surface area is 56.5 Å². The smallest absolute Gasteiger partial charge is 0.155 e. The van der Waals surface area contributed by atoms with E-state index in [1.807, 2.05) is 0 Å². The summed E-state index contributed by atoms with van der Waals surface area (Å²) in [5, 5.41) is 16.8. The maximum atomic E-state index is 10.2. The molecule has 0 bridgehead atoms. The Bertz CT molecular complexity index is 261. The van der Waals surface area contributed by atoms with E-state index in [4.69, 9.17) is 5.73 Å². The Balaban J connectivity index is 3.15. The lowest BCUT2D eigenvalue weighted by molar-refractivity contribution is -0.254. The van der Waals surface area contributed by atoms with Gasteiger partial charge in [-0.2, -0.15) is 5.10 Å². The number of nitrogens with two attached hydrogens (primary N) is 1. The third-order valence-corrected chi connectivity index (χ3v) is 0.969. The molecule has 0 saturated heterocycles. The second-order valence-corrected chi connectivity index (χ2v) is 1.62. The lowest BCUT2D eigenvalue weighted by Crippen LogP contribution is -2.24. The molecule has 0 aliphatic heterocycles. The van der Waals surface area contributed by atoms with Gasteiger partial charge in [-0.25, -0.2) is 0 Å². The molecule has 0 radical (unpaired) electrons. The minimum absolute atomic E-state index is 0.123. The molecule has 0 amide bonds. The molecule has 10 heavy (non-hydrogen) atoms. The van der Waals surface area contributed by atoms with Gasteiger partial charge in [0.05, 0.1) is 12.2 Å². The zero-order chi connectivity index (χ0) is 7.56. The van der Waals surface area contributed by atoms with Crippen molar-refractivity contribution < 1.29 is 9.90 Å². The second-order valence-electron chi connectivity index (χ2n) is 1.62. The summed E-state index contributed by atoms with van der Waals surface area (Å²) in [7, 11) is 0. The number of carboxylic acids is 1. The molecule has 0 fully saturated rings. The van der Waals surface area contributed by atoms with E-state index in [-0.39, 0.29) is 11.4 Å². The van der Waals surface area contributed by atoms with Crippen molar-refractivity contribution in [3.8, 4) is 0 Å². The molecule has 5 nitrogen and oxygen atoms in total. The number of hydrogen-bond donors (Lipinski definition) is 1. The van der Waals surface area contributed by atoms with Crippen LogP contribution in [0.3, 0.4) is 0 Å². The van der Waals surface area contributed by atoms with Gasteiger partial charge in [0.2, 0.25) is 0 Å². The van der Waals surface area contributed by atoms with E-state index in [1.165, 1.54) is 12.3 Å². The van der Waals surface area contributed by atoms with Crippen LogP contribution in [0.15, 0.2) is 12.3 Å². The van der Waals surface area contributed by atoms with Crippen LogP contribution in [0.2, 0.25) is 0 Å². The molecular formula is C5H4N3O2-. The molecule has 1 aromatic rings. The van der Waals surface area contributed by atoms with E-state index in [1.54, 1.807) is 0 Å². The Hall–Kier alpha value is -1.65. The normalized spacial score (nSPS) is 9.20. The van der Waals surface area contributed by atoms with Crippen LogP contribution in [-0.2, 0) is 0 Å². The van der Waals surface area contributed by atoms with Crippen molar-refractivity contribution in [2.24, 2.45) is 0 Å². The molecule has 0 aliphatic carbocycles. The van der Waals surface area contributed by atoms with Crippen molar-refractivity contribution in [2.75, 3.05) is 5.73 Å². The summed E-state index contributed by atoms with van der Waals surface area (Å²) in [6.07, 6.45) is 1.24. The number of carbonyl (C=O) groups excluding carboxylic acids is 1. The molecule has 52 valence electrons. The number of nitrogens with zero attached hydrogens (tertiary/aromatic N) is 2. The van der Waals surface area contributed by atoms with Crippen LogP contribution in [0.5, 0.6) is 0 Å². The molecule has 0 atom stereocenters. The summed E-state index contributed by atoms with van der Waals surface area (Å²) in [6, 6.07) is 1.23. The largest absolute Gasteiger partial charge is 0.545 e. The number of carbonyl (C=O) groups is 1. The average molecular weight is 138 g/mol. The Morgan fingerprint density at radius 3 is 2.80 bits per heavy atom. The first-order chi connectivity index (χ1) is 4.72. The monoisotopic (exact) mass is 138 g/mol. The summed E-state index contributed by atoms with van der Waals surface area (Å²) in [4.78, 5) is 10.2. The standard InChI is InChI=1S/C5H5N3O2/c6-4-3(5(9)10)1-2-7-8-4/h1-2H,(H2,6,8)(H,9,10)/p-1. The zero-order valence-corrected chi connectivity index (χ0v) is 4.94. The summed E-state index contributed by atoms with van der Waals surface area (Å²) < 4.78 is 0. The summed E-state index contributed by atoms with van der Waals surface area (Å²) in [5.74, 6) is -1.46. The number of aromatic nitrogens is 2. The van der Waals surface area contributed by atoms with E-state index in [0.29, 0.717) is 0 Å². The van der Waals surface area contributed by atoms with E-state index in [2.05, 4.69) is 10.2 Å². The topological polar surface area (TPSA) is 91.9 Å². The van der Waals surface area contributed by atoms with Gasteiger partial charge in [-0.1, -0.05) is 0 Å².